The molecule has 0 aliphatic carbocycles. The maximum absolute atomic E-state index is 13.3. The maximum Gasteiger partial charge on any atom is 0.244 e. The summed E-state index contributed by atoms with van der Waals surface area (Å²) in [5.41, 5.74) is 0.714. The smallest absolute Gasteiger partial charge is 0.244 e. The number of fused-ring (bicyclic) bond motifs is 1. The Labute approximate surface area is 206 Å². The van der Waals surface area contributed by atoms with Gasteiger partial charge in [0.15, 0.2) is 15.0 Å². The van der Waals surface area contributed by atoms with E-state index in [0.717, 1.165) is 24.3 Å². The SMILES string of the molecule is O=C(CS(=O)(=O)c1ccc(Cl)cc1)N(CCCN1CCOCC1)c1nc2ccc(Cl)cc2s1. The molecule has 0 radical (unpaired) electrons. The van der Waals surface area contributed by atoms with Gasteiger partial charge in [-0.05, 0) is 48.9 Å². The summed E-state index contributed by atoms with van der Waals surface area (Å²) in [6.45, 7) is 4.23. The van der Waals surface area contributed by atoms with E-state index in [4.69, 9.17) is 27.9 Å². The van der Waals surface area contributed by atoms with Gasteiger partial charge in [-0.1, -0.05) is 34.5 Å². The molecule has 4 rings (SSSR count). The van der Waals surface area contributed by atoms with Crippen molar-refractivity contribution in [1.29, 1.82) is 0 Å². The van der Waals surface area contributed by atoms with Gasteiger partial charge in [0.2, 0.25) is 5.91 Å². The number of sulfone groups is 1. The molecule has 1 amide bonds. The monoisotopic (exact) mass is 527 g/mol. The van der Waals surface area contributed by atoms with E-state index < -0.39 is 21.5 Å². The number of morpholine rings is 1. The Hall–Kier alpha value is -1.75. The number of thiazole rings is 1. The molecule has 33 heavy (non-hydrogen) atoms. The highest BCUT2D eigenvalue weighted by molar-refractivity contribution is 7.92. The lowest BCUT2D eigenvalue weighted by Gasteiger charge is -2.27. The molecule has 2 heterocycles. The minimum absolute atomic E-state index is 0.0598. The summed E-state index contributed by atoms with van der Waals surface area (Å²) < 4.78 is 32.0. The first-order valence-corrected chi connectivity index (χ1v) is 13.7. The van der Waals surface area contributed by atoms with Crippen molar-refractivity contribution in [2.75, 3.05) is 50.0 Å². The third-order valence-electron chi connectivity index (χ3n) is 5.32. The predicted molar refractivity (Wildman–Crippen MR) is 132 cm³/mol. The largest absolute Gasteiger partial charge is 0.379 e. The van der Waals surface area contributed by atoms with Crippen LogP contribution in [0.1, 0.15) is 6.42 Å². The van der Waals surface area contributed by atoms with E-state index in [1.807, 2.05) is 0 Å². The number of carbonyl (C=O) groups is 1. The number of carbonyl (C=O) groups excluding carboxylic acids is 1. The van der Waals surface area contributed by atoms with E-state index in [9.17, 15) is 13.2 Å². The van der Waals surface area contributed by atoms with Gasteiger partial charge in [-0.25, -0.2) is 13.4 Å². The lowest BCUT2D eigenvalue weighted by atomic mass is 10.3. The Bertz CT molecular complexity index is 1230. The molecule has 1 aromatic heterocycles. The highest BCUT2D eigenvalue weighted by Gasteiger charge is 2.27. The van der Waals surface area contributed by atoms with Gasteiger partial charge < -0.3 is 4.74 Å². The Morgan fingerprint density at radius 2 is 1.79 bits per heavy atom. The average Bonchev–Trinajstić information content (AvgIpc) is 3.20. The molecule has 1 aliphatic rings. The molecule has 0 spiro atoms. The molecule has 11 heteroatoms. The van der Waals surface area contributed by atoms with Gasteiger partial charge in [0.1, 0.15) is 5.75 Å². The maximum atomic E-state index is 13.3. The predicted octanol–water partition coefficient (Wildman–Crippen LogP) is 4.13. The molecule has 1 aliphatic heterocycles. The fourth-order valence-electron chi connectivity index (χ4n) is 3.57. The van der Waals surface area contributed by atoms with Crippen LogP contribution in [-0.2, 0) is 19.4 Å². The zero-order valence-electron chi connectivity index (χ0n) is 17.7. The van der Waals surface area contributed by atoms with Crippen molar-refractivity contribution in [2.45, 2.75) is 11.3 Å². The fourth-order valence-corrected chi connectivity index (χ4v) is 6.18. The molecule has 3 aromatic rings. The summed E-state index contributed by atoms with van der Waals surface area (Å²) in [6.07, 6.45) is 0.684. The third-order valence-corrected chi connectivity index (χ3v) is 8.46. The molecule has 0 saturated carbocycles. The number of halogens is 2. The van der Waals surface area contributed by atoms with Crippen LogP contribution in [0.2, 0.25) is 10.0 Å². The van der Waals surface area contributed by atoms with Crippen molar-refractivity contribution in [3.8, 4) is 0 Å². The summed E-state index contributed by atoms with van der Waals surface area (Å²) in [5.74, 6) is -1.17. The molecule has 0 bridgehead atoms. The van der Waals surface area contributed by atoms with Crippen LogP contribution in [0.5, 0.6) is 0 Å². The lowest BCUT2D eigenvalue weighted by Crippen LogP contribution is -2.40. The van der Waals surface area contributed by atoms with Crippen molar-refractivity contribution in [1.82, 2.24) is 9.88 Å². The summed E-state index contributed by atoms with van der Waals surface area (Å²) in [6, 6.07) is 11.1. The normalized spacial score (nSPS) is 15.1. The molecule has 0 N–H and O–H groups in total. The van der Waals surface area contributed by atoms with Gasteiger partial charge in [-0.3, -0.25) is 14.6 Å². The number of amides is 1. The standard InChI is InChI=1S/C22H23Cl2N3O4S2/c23-16-2-5-18(6-3-16)33(29,30)15-21(28)27(9-1-8-26-10-12-31-13-11-26)22-25-19-7-4-17(24)14-20(19)32-22/h2-7,14H,1,8-13,15H2. The van der Waals surface area contributed by atoms with Crippen molar-refractivity contribution in [3.05, 3.63) is 52.5 Å². The Balaban J connectivity index is 1.55. The fraction of sp³-hybridized carbons (Fsp3) is 0.364. The average molecular weight is 528 g/mol. The number of anilines is 1. The Morgan fingerprint density at radius 1 is 1.09 bits per heavy atom. The molecule has 7 nitrogen and oxygen atoms in total. The van der Waals surface area contributed by atoms with Crippen LogP contribution in [-0.4, -0.2) is 69.4 Å². The van der Waals surface area contributed by atoms with E-state index in [0.29, 0.717) is 46.9 Å². The molecular formula is C22H23Cl2N3O4S2. The van der Waals surface area contributed by atoms with Crippen LogP contribution in [0.4, 0.5) is 5.13 Å². The van der Waals surface area contributed by atoms with Gasteiger partial charge >= 0.3 is 0 Å². The minimum atomic E-state index is -3.83. The second-order valence-corrected chi connectivity index (χ2v) is 11.5. The number of aromatic nitrogens is 1. The van der Waals surface area contributed by atoms with Gasteiger partial charge in [-0.2, -0.15) is 0 Å². The molecule has 0 unspecified atom stereocenters. The quantitative estimate of drug-likeness (QED) is 0.438. The molecule has 2 aromatic carbocycles. The van der Waals surface area contributed by atoms with Crippen LogP contribution < -0.4 is 4.90 Å². The van der Waals surface area contributed by atoms with Crippen molar-refractivity contribution < 1.29 is 17.9 Å². The molecule has 176 valence electrons. The van der Waals surface area contributed by atoms with E-state index in [2.05, 4.69) is 9.88 Å². The van der Waals surface area contributed by atoms with Gasteiger partial charge in [0.05, 0.1) is 28.3 Å². The van der Waals surface area contributed by atoms with Crippen molar-refractivity contribution >= 4 is 65.6 Å². The topological polar surface area (TPSA) is 79.8 Å². The number of hydrogen-bond donors (Lipinski definition) is 0. The number of nitrogens with zero attached hydrogens (tertiary/aromatic N) is 3. The van der Waals surface area contributed by atoms with E-state index in [-0.39, 0.29) is 4.90 Å². The summed E-state index contributed by atoms with van der Waals surface area (Å²) in [7, 11) is -3.83. The summed E-state index contributed by atoms with van der Waals surface area (Å²) in [4.78, 5) is 21.6. The summed E-state index contributed by atoms with van der Waals surface area (Å²) in [5, 5.41) is 1.47. The number of ether oxygens (including phenoxy) is 1. The Kier molecular flexibility index (Phi) is 7.88. The number of hydrogen-bond acceptors (Lipinski definition) is 7. The van der Waals surface area contributed by atoms with E-state index in [1.54, 1.807) is 18.2 Å². The zero-order valence-corrected chi connectivity index (χ0v) is 20.9. The van der Waals surface area contributed by atoms with E-state index >= 15 is 0 Å². The first-order chi connectivity index (χ1) is 15.8. The van der Waals surface area contributed by atoms with Crippen molar-refractivity contribution in [2.24, 2.45) is 0 Å². The van der Waals surface area contributed by atoms with Gasteiger partial charge in [0, 0.05) is 36.2 Å². The molecular weight excluding hydrogens is 505 g/mol. The van der Waals surface area contributed by atoms with Gasteiger partial charge in [0.25, 0.3) is 0 Å². The zero-order chi connectivity index (χ0) is 23.4. The lowest BCUT2D eigenvalue weighted by molar-refractivity contribution is -0.116. The van der Waals surface area contributed by atoms with Crippen molar-refractivity contribution in [3.63, 3.8) is 0 Å². The first-order valence-electron chi connectivity index (χ1n) is 10.5. The second-order valence-electron chi connectivity index (χ2n) is 7.67. The van der Waals surface area contributed by atoms with E-state index in [1.165, 1.54) is 40.5 Å². The highest BCUT2D eigenvalue weighted by atomic mass is 35.5. The third kappa shape index (κ3) is 6.23. The summed E-state index contributed by atoms with van der Waals surface area (Å²) >= 11 is 13.3. The van der Waals surface area contributed by atoms with Crippen LogP contribution in [0.3, 0.4) is 0 Å². The van der Waals surface area contributed by atoms with Crippen LogP contribution in [0, 0.1) is 0 Å². The van der Waals surface area contributed by atoms with Crippen LogP contribution in [0.25, 0.3) is 10.2 Å². The first kappa shape index (κ1) is 24.4. The highest BCUT2D eigenvalue weighted by Crippen LogP contribution is 2.31. The molecule has 0 atom stereocenters. The Morgan fingerprint density at radius 3 is 2.52 bits per heavy atom. The number of benzene rings is 2. The minimum Gasteiger partial charge on any atom is -0.379 e. The van der Waals surface area contributed by atoms with Crippen LogP contribution in [0.15, 0.2) is 47.4 Å². The molecule has 1 fully saturated rings. The number of rotatable bonds is 8. The molecule has 1 saturated heterocycles. The second kappa shape index (κ2) is 10.7. The van der Waals surface area contributed by atoms with Gasteiger partial charge in [-0.15, -0.1) is 0 Å². The van der Waals surface area contributed by atoms with Crippen LogP contribution >= 0.6 is 34.5 Å².